The highest BCUT2D eigenvalue weighted by Crippen LogP contribution is 2.37. The first-order valence-corrected chi connectivity index (χ1v) is 6.89. The zero-order chi connectivity index (χ0) is 12.4. The second-order valence-electron chi connectivity index (χ2n) is 5.98. The van der Waals surface area contributed by atoms with E-state index in [9.17, 15) is 0 Å². The molecule has 1 aromatic rings. The lowest BCUT2D eigenvalue weighted by Gasteiger charge is -2.39. The van der Waals surface area contributed by atoms with Crippen LogP contribution < -0.4 is 5.32 Å². The summed E-state index contributed by atoms with van der Waals surface area (Å²) in [6.45, 7) is 9.02. The number of benzene rings is 1. The third-order valence-corrected chi connectivity index (χ3v) is 4.19. The molecule has 2 rings (SSSR count). The molecule has 0 aromatic heterocycles. The molecular weight excluding hydrogens is 206 g/mol. The Hall–Kier alpha value is -0.820. The summed E-state index contributed by atoms with van der Waals surface area (Å²) in [5, 5.41) is 3.73. The van der Waals surface area contributed by atoms with Crippen molar-refractivity contribution in [1.29, 1.82) is 0 Å². The van der Waals surface area contributed by atoms with E-state index in [1.165, 1.54) is 24.0 Å². The second kappa shape index (κ2) is 5.22. The Morgan fingerprint density at radius 1 is 1.06 bits per heavy atom. The number of nitrogens with one attached hydrogen (secondary N) is 1. The molecule has 1 aliphatic rings. The third kappa shape index (κ3) is 3.10. The van der Waals surface area contributed by atoms with Gasteiger partial charge in [-0.2, -0.15) is 0 Å². The minimum absolute atomic E-state index is 0.638. The van der Waals surface area contributed by atoms with E-state index in [2.05, 4.69) is 57.3 Å². The van der Waals surface area contributed by atoms with Crippen molar-refractivity contribution in [2.75, 3.05) is 0 Å². The van der Waals surface area contributed by atoms with Gasteiger partial charge in [-0.1, -0.05) is 43.7 Å². The van der Waals surface area contributed by atoms with Gasteiger partial charge in [-0.3, -0.25) is 0 Å². The monoisotopic (exact) mass is 231 g/mol. The Bertz CT molecular complexity index is 346. The number of rotatable bonds is 4. The van der Waals surface area contributed by atoms with Crippen LogP contribution in [0.2, 0.25) is 0 Å². The predicted molar refractivity (Wildman–Crippen MR) is 74.4 cm³/mol. The third-order valence-electron chi connectivity index (χ3n) is 4.19. The van der Waals surface area contributed by atoms with E-state index in [1.54, 1.807) is 0 Å². The quantitative estimate of drug-likeness (QED) is 0.829. The van der Waals surface area contributed by atoms with Crippen LogP contribution in [0.3, 0.4) is 0 Å². The number of hydrogen-bond donors (Lipinski definition) is 1. The zero-order valence-electron chi connectivity index (χ0n) is 11.5. The molecule has 0 saturated heterocycles. The molecule has 1 heteroatoms. The van der Waals surface area contributed by atoms with Crippen molar-refractivity contribution < 1.29 is 0 Å². The van der Waals surface area contributed by atoms with Crippen molar-refractivity contribution in [2.45, 2.75) is 58.5 Å². The van der Waals surface area contributed by atoms with Gasteiger partial charge in [0, 0.05) is 12.1 Å². The summed E-state index contributed by atoms with van der Waals surface area (Å²) in [6, 6.07) is 10.4. The van der Waals surface area contributed by atoms with Gasteiger partial charge in [0.15, 0.2) is 0 Å². The maximum atomic E-state index is 3.73. The summed E-state index contributed by atoms with van der Waals surface area (Å²) >= 11 is 0. The number of aryl methyl sites for hydroxylation is 1. The zero-order valence-corrected chi connectivity index (χ0v) is 11.5. The number of hydrogen-bond acceptors (Lipinski definition) is 1. The first-order valence-electron chi connectivity index (χ1n) is 6.89. The van der Waals surface area contributed by atoms with E-state index in [-0.39, 0.29) is 0 Å². The maximum absolute atomic E-state index is 3.73. The van der Waals surface area contributed by atoms with Crippen LogP contribution in [0, 0.1) is 12.8 Å². The fourth-order valence-corrected chi connectivity index (χ4v) is 2.43. The predicted octanol–water partition coefficient (Wildman–Crippen LogP) is 3.88. The van der Waals surface area contributed by atoms with Crippen molar-refractivity contribution in [3.05, 3.63) is 35.4 Å². The van der Waals surface area contributed by atoms with Crippen LogP contribution in [-0.4, -0.2) is 12.1 Å². The van der Waals surface area contributed by atoms with Gasteiger partial charge >= 0.3 is 0 Å². The molecule has 0 spiro atoms. The van der Waals surface area contributed by atoms with Crippen molar-refractivity contribution in [1.82, 2.24) is 5.32 Å². The van der Waals surface area contributed by atoms with Gasteiger partial charge in [-0.05, 0) is 44.1 Å². The molecule has 94 valence electrons. The molecule has 1 atom stereocenters. The van der Waals surface area contributed by atoms with Gasteiger partial charge in [-0.15, -0.1) is 0 Å². The average molecular weight is 231 g/mol. The van der Waals surface area contributed by atoms with Crippen LogP contribution in [0.15, 0.2) is 24.3 Å². The van der Waals surface area contributed by atoms with E-state index in [0.29, 0.717) is 6.04 Å². The Balaban J connectivity index is 1.81. The average Bonchev–Trinajstić information content (AvgIpc) is 2.24. The van der Waals surface area contributed by atoms with Gasteiger partial charge in [-0.25, -0.2) is 0 Å². The Kier molecular flexibility index (Phi) is 3.88. The summed E-state index contributed by atoms with van der Waals surface area (Å²) in [6.07, 6.45) is 2.61. The fraction of sp³-hybridized carbons (Fsp3) is 0.625. The Morgan fingerprint density at radius 2 is 1.65 bits per heavy atom. The molecule has 0 heterocycles. The van der Waals surface area contributed by atoms with Crippen molar-refractivity contribution in [3.8, 4) is 0 Å². The Morgan fingerprint density at radius 3 is 2.18 bits per heavy atom. The molecule has 0 aliphatic heterocycles. The van der Waals surface area contributed by atoms with Crippen molar-refractivity contribution in [3.63, 3.8) is 0 Å². The van der Waals surface area contributed by atoms with Crippen LogP contribution in [-0.2, 0) is 0 Å². The summed E-state index contributed by atoms with van der Waals surface area (Å²) in [5.74, 6) is 1.51. The van der Waals surface area contributed by atoms with E-state index < -0.39 is 0 Å². The SMILES string of the molecule is Cc1ccc(C2CC(NC(C)C(C)C)C2)cc1. The lowest BCUT2D eigenvalue weighted by molar-refractivity contribution is 0.248. The minimum Gasteiger partial charge on any atom is -0.311 e. The fourth-order valence-electron chi connectivity index (χ4n) is 2.43. The molecule has 1 unspecified atom stereocenters. The van der Waals surface area contributed by atoms with Crippen LogP contribution in [0.4, 0.5) is 0 Å². The normalized spacial score (nSPS) is 25.7. The lowest BCUT2D eigenvalue weighted by atomic mass is 9.75. The minimum atomic E-state index is 0.638. The highest BCUT2D eigenvalue weighted by atomic mass is 15.0. The largest absolute Gasteiger partial charge is 0.311 e. The standard InChI is InChI=1S/C16H25N/c1-11(2)13(4)17-16-9-15(10-16)14-7-5-12(3)6-8-14/h5-8,11,13,15-17H,9-10H2,1-4H3. The smallest absolute Gasteiger partial charge is 0.00813 e. The van der Waals surface area contributed by atoms with Gasteiger partial charge in [0.1, 0.15) is 0 Å². The van der Waals surface area contributed by atoms with Gasteiger partial charge in [0.25, 0.3) is 0 Å². The van der Waals surface area contributed by atoms with E-state index in [0.717, 1.165) is 17.9 Å². The molecule has 17 heavy (non-hydrogen) atoms. The van der Waals surface area contributed by atoms with Gasteiger partial charge in [0.05, 0.1) is 0 Å². The van der Waals surface area contributed by atoms with Crippen LogP contribution in [0.5, 0.6) is 0 Å². The summed E-state index contributed by atoms with van der Waals surface area (Å²) in [7, 11) is 0. The first kappa shape index (κ1) is 12.6. The highest BCUT2D eigenvalue weighted by molar-refractivity contribution is 5.26. The molecule has 1 aliphatic carbocycles. The van der Waals surface area contributed by atoms with E-state index >= 15 is 0 Å². The van der Waals surface area contributed by atoms with E-state index in [4.69, 9.17) is 0 Å². The topological polar surface area (TPSA) is 12.0 Å². The van der Waals surface area contributed by atoms with Crippen LogP contribution in [0.25, 0.3) is 0 Å². The molecular formula is C16H25N. The maximum Gasteiger partial charge on any atom is 0.00813 e. The molecule has 1 fully saturated rings. The molecule has 0 radical (unpaired) electrons. The van der Waals surface area contributed by atoms with Crippen molar-refractivity contribution >= 4 is 0 Å². The molecule has 1 saturated carbocycles. The van der Waals surface area contributed by atoms with Gasteiger partial charge in [0.2, 0.25) is 0 Å². The molecule has 0 bridgehead atoms. The second-order valence-corrected chi connectivity index (χ2v) is 5.98. The van der Waals surface area contributed by atoms with Crippen molar-refractivity contribution in [2.24, 2.45) is 5.92 Å². The van der Waals surface area contributed by atoms with Crippen LogP contribution in [0.1, 0.15) is 50.7 Å². The summed E-state index contributed by atoms with van der Waals surface area (Å²) in [4.78, 5) is 0. The molecule has 1 N–H and O–H groups in total. The highest BCUT2D eigenvalue weighted by Gasteiger charge is 2.31. The summed E-state index contributed by atoms with van der Waals surface area (Å²) in [5.41, 5.74) is 2.88. The molecule has 1 aromatic carbocycles. The Labute approximate surface area is 106 Å². The molecule has 1 nitrogen and oxygen atoms in total. The van der Waals surface area contributed by atoms with Gasteiger partial charge < -0.3 is 5.32 Å². The lowest BCUT2D eigenvalue weighted by Crippen LogP contribution is -2.46. The molecule has 0 amide bonds. The van der Waals surface area contributed by atoms with E-state index in [1.807, 2.05) is 0 Å². The summed E-state index contributed by atoms with van der Waals surface area (Å²) < 4.78 is 0. The van der Waals surface area contributed by atoms with Crippen LogP contribution >= 0.6 is 0 Å². The first-order chi connectivity index (χ1) is 8.06.